The fourth-order valence-electron chi connectivity index (χ4n) is 8.48. The zero-order chi connectivity index (χ0) is 41.8. The lowest BCUT2D eigenvalue weighted by molar-refractivity contribution is 0.153. The molecule has 350 valence electrons. The molecular formula is C54H111O3P. The first-order valence-electron chi connectivity index (χ1n) is 27.5. The summed E-state index contributed by atoms with van der Waals surface area (Å²) >= 11 is 0. The molecule has 0 saturated carbocycles. The normalized spacial score (nSPS) is 11.8. The zero-order valence-corrected chi connectivity index (χ0v) is 41.6. The minimum atomic E-state index is -1.19. The van der Waals surface area contributed by atoms with Crippen LogP contribution >= 0.6 is 8.60 Å². The molecule has 0 rings (SSSR count). The van der Waals surface area contributed by atoms with Crippen LogP contribution in [0.25, 0.3) is 0 Å². The van der Waals surface area contributed by atoms with Gasteiger partial charge in [0.15, 0.2) is 0 Å². The zero-order valence-electron chi connectivity index (χ0n) is 40.7. The first kappa shape index (κ1) is 58.3. The highest BCUT2D eigenvalue weighted by atomic mass is 31.2. The van der Waals surface area contributed by atoms with Crippen LogP contribution in [0.1, 0.15) is 329 Å². The van der Waals surface area contributed by atoms with E-state index in [4.69, 9.17) is 13.6 Å². The summed E-state index contributed by atoms with van der Waals surface area (Å²) in [6.45, 7) is 9.30. The van der Waals surface area contributed by atoms with E-state index in [0.29, 0.717) is 0 Å². The Bertz CT molecular complexity index is 599. The van der Waals surface area contributed by atoms with Crippen molar-refractivity contribution in [1.82, 2.24) is 0 Å². The first-order valence-corrected chi connectivity index (χ1v) is 28.6. The van der Waals surface area contributed by atoms with Gasteiger partial charge in [-0.1, -0.05) is 310 Å². The van der Waals surface area contributed by atoms with Gasteiger partial charge in [-0.25, -0.2) is 0 Å². The molecule has 0 aliphatic rings. The Balaban J connectivity index is 3.95. The molecule has 0 radical (unpaired) electrons. The number of unbranched alkanes of at least 4 members (excludes halogenated alkanes) is 45. The molecule has 3 nitrogen and oxygen atoms in total. The molecular weight excluding hydrogens is 728 g/mol. The van der Waals surface area contributed by atoms with Gasteiger partial charge in [0.2, 0.25) is 0 Å². The fourth-order valence-corrected chi connectivity index (χ4v) is 9.54. The van der Waals surface area contributed by atoms with E-state index in [1.54, 1.807) is 0 Å². The van der Waals surface area contributed by atoms with Crippen molar-refractivity contribution in [3.8, 4) is 0 Å². The Morgan fingerprint density at radius 3 is 0.431 bits per heavy atom. The highest BCUT2D eigenvalue weighted by Gasteiger charge is 2.12. The molecule has 0 saturated heterocycles. The molecule has 0 N–H and O–H groups in total. The Morgan fingerprint density at radius 1 is 0.172 bits per heavy atom. The van der Waals surface area contributed by atoms with Crippen molar-refractivity contribution >= 4 is 8.60 Å². The number of rotatable bonds is 54. The minimum absolute atomic E-state index is 0.794. The number of hydrogen-bond donors (Lipinski definition) is 0. The summed E-state index contributed by atoms with van der Waals surface area (Å²) < 4.78 is 18.7. The lowest BCUT2D eigenvalue weighted by Crippen LogP contribution is -2.00. The van der Waals surface area contributed by atoms with Crippen LogP contribution < -0.4 is 0 Å². The quantitative estimate of drug-likeness (QED) is 0.0451. The molecule has 0 aliphatic carbocycles. The lowest BCUT2D eigenvalue weighted by atomic mass is 10.0. The summed E-state index contributed by atoms with van der Waals surface area (Å²) in [6, 6.07) is 0. The van der Waals surface area contributed by atoms with Crippen LogP contribution in [0.5, 0.6) is 0 Å². The van der Waals surface area contributed by atoms with Crippen molar-refractivity contribution in [3.05, 3.63) is 0 Å². The van der Waals surface area contributed by atoms with Gasteiger partial charge in [-0.15, -0.1) is 0 Å². The van der Waals surface area contributed by atoms with Crippen molar-refractivity contribution in [2.45, 2.75) is 329 Å². The van der Waals surface area contributed by atoms with E-state index >= 15 is 0 Å². The molecule has 0 spiro atoms. The van der Waals surface area contributed by atoms with Crippen LogP contribution in [0.3, 0.4) is 0 Å². The van der Waals surface area contributed by atoms with Gasteiger partial charge in [0.1, 0.15) is 0 Å². The maximum Gasteiger partial charge on any atom is 0.332 e. The van der Waals surface area contributed by atoms with Gasteiger partial charge in [-0.2, -0.15) is 0 Å². The molecule has 0 aromatic carbocycles. The number of hydrogen-bond acceptors (Lipinski definition) is 3. The van der Waals surface area contributed by atoms with Crippen molar-refractivity contribution < 1.29 is 13.6 Å². The maximum atomic E-state index is 6.24. The predicted octanol–water partition coefficient (Wildman–Crippen LogP) is 21.0. The summed E-state index contributed by atoms with van der Waals surface area (Å²) in [5.74, 6) is 0. The molecule has 0 atom stereocenters. The lowest BCUT2D eigenvalue weighted by Gasteiger charge is -2.17. The van der Waals surface area contributed by atoms with Gasteiger partial charge in [-0.3, -0.25) is 0 Å². The maximum absolute atomic E-state index is 6.24. The molecule has 0 aliphatic heterocycles. The average Bonchev–Trinajstić information content (AvgIpc) is 3.23. The molecule has 0 unspecified atom stereocenters. The van der Waals surface area contributed by atoms with E-state index in [1.807, 2.05) is 0 Å². The SMILES string of the molecule is CCCCCCCCCCCCCCCCCCOP(OCCCCCCCCCCCCCCCCCC)OCCCCCCCCCCCCCCCCCC. The van der Waals surface area contributed by atoms with Crippen LogP contribution in [0.2, 0.25) is 0 Å². The first-order chi connectivity index (χ1) is 28.8. The van der Waals surface area contributed by atoms with Gasteiger partial charge >= 0.3 is 8.60 Å². The smallest absolute Gasteiger partial charge is 0.312 e. The molecule has 0 aromatic heterocycles. The van der Waals surface area contributed by atoms with E-state index in [9.17, 15) is 0 Å². The summed E-state index contributed by atoms with van der Waals surface area (Å²) in [6.07, 6.45) is 67.2. The fraction of sp³-hybridized carbons (Fsp3) is 1.00. The van der Waals surface area contributed by atoms with Gasteiger partial charge in [-0.05, 0) is 19.3 Å². The largest absolute Gasteiger partial charge is 0.332 e. The summed E-state index contributed by atoms with van der Waals surface area (Å²) in [5.41, 5.74) is 0. The van der Waals surface area contributed by atoms with Gasteiger partial charge in [0.25, 0.3) is 0 Å². The molecule has 0 amide bonds. The summed E-state index contributed by atoms with van der Waals surface area (Å²) in [4.78, 5) is 0. The molecule has 0 fully saturated rings. The monoisotopic (exact) mass is 839 g/mol. The van der Waals surface area contributed by atoms with Gasteiger partial charge in [0.05, 0.1) is 19.8 Å². The molecule has 0 heterocycles. The third kappa shape index (κ3) is 52.4. The minimum Gasteiger partial charge on any atom is -0.312 e. The van der Waals surface area contributed by atoms with Crippen molar-refractivity contribution in [3.63, 3.8) is 0 Å². The third-order valence-corrected chi connectivity index (χ3v) is 13.8. The van der Waals surface area contributed by atoms with Gasteiger partial charge < -0.3 is 13.6 Å². The van der Waals surface area contributed by atoms with E-state index < -0.39 is 8.60 Å². The second-order valence-corrected chi connectivity index (χ2v) is 19.9. The van der Waals surface area contributed by atoms with E-state index in [-0.39, 0.29) is 0 Å². The Kier molecular flexibility index (Phi) is 55.6. The van der Waals surface area contributed by atoms with Crippen LogP contribution in [0.15, 0.2) is 0 Å². The molecule has 4 heteroatoms. The van der Waals surface area contributed by atoms with Crippen LogP contribution in [0.4, 0.5) is 0 Å². The summed E-state index contributed by atoms with van der Waals surface area (Å²) in [7, 11) is -1.19. The topological polar surface area (TPSA) is 27.7 Å². The van der Waals surface area contributed by atoms with E-state index in [2.05, 4.69) is 20.8 Å². The Labute approximate surface area is 369 Å². The molecule has 58 heavy (non-hydrogen) atoms. The highest BCUT2D eigenvalue weighted by Crippen LogP contribution is 2.40. The summed E-state index contributed by atoms with van der Waals surface area (Å²) in [5, 5.41) is 0. The standard InChI is InChI=1S/C54H111O3P/c1-4-7-10-13-16-19-22-25-28-31-34-37-40-43-46-49-52-55-58(56-53-50-47-44-41-38-35-32-29-26-23-20-17-14-11-8-5-2)57-54-51-48-45-42-39-36-33-30-27-24-21-18-15-12-9-6-3/h4-54H2,1-3H3. The van der Waals surface area contributed by atoms with Crippen LogP contribution in [0, 0.1) is 0 Å². The second kappa shape index (κ2) is 55.3. The van der Waals surface area contributed by atoms with E-state index in [0.717, 1.165) is 39.1 Å². The molecule has 0 aromatic rings. The Morgan fingerprint density at radius 2 is 0.293 bits per heavy atom. The van der Waals surface area contributed by atoms with Crippen molar-refractivity contribution in [1.29, 1.82) is 0 Å². The Hall–Kier alpha value is 0.310. The average molecular weight is 839 g/mol. The van der Waals surface area contributed by atoms with Crippen molar-refractivity contribution in [2.75, 3.05) is 19.8 Å². The predicted molar refractivity (Wildman–Crippen MR) is 263 cm³/mol. The van der Waals surface area contributed by atoms with E-state index in [1.165, 1.54) is 289 Å². The highest BCUT2D eigenvalue weighted by molar-refractivity contribution is 7.41. The molecule has 0 bridgehead atoms. The van der Waals surface area contributed by atoms with Crippen LogP contribution in [-0.4, -0.2) is 19.8 Å². The van der Waals surface area contributed by atoms with Crippen LogP contribution in [-0.2, 0) is 13.6 Å². The second-order valence-electron chi connectivity index (χ2n) is 18.6. The third-order valence-electron chi connectivity index (χ3n) is 12.6. The van der Waals surface area contributed by atoms with Gasteiger partial charge in [0, 0.05) is 0 Å². The van der Waals surface area contributed by atoms with Crippen molar-refractivity contribution in [2.24, 2.45) is 0 Å².